The Balaban J connectivity index is 0.00000225. The van der Waals surface area contributed by atoms with Crippen molar-refractivity contribution in [3.63, 3.8) is 0 Å². The summed E-state index contributed by atoms with van der Waals surface area (Å²) in [6.45, 7) is 5.91. The normalized spacial score (nSPS) is 14.3. The molecular formula is C18H26IN5S. The number of nitrogens with zero attached hydrogens (tertiary/aromatic N) is 3. The predicted molar refractivity (Wildman–Crippen MR) is 117 cm³/mol. The molecule has 2 N–H and O–H groups in total. The molecule has 0 bridgehead atoms. The van der Waals surface area contributed by atoms with Crippen LogP contribution in [0.4, 0.5) is 5.82 Å². The first-order valence-corrected chi connectivity index (χ1v) is 9.31. The molecule has 1 fully saturated rings. The van der Waals surface area contributed by atoms with Gasteiger partial charge in [-0.05, 0) is 48.4 Å². The number of rotatable bonds is 5. The Hall–Kier alpha value is -1.35. The Kier molecular flexibility index (Phi) is 7.95. The van der Waals surface area contributed by atoms with Crippen molar-refractivity contribution in [2.75, 3.05) is 25.0 Å². The average molecular weight is 471 g/mol. The second kappa shape index (κ2) is 9.96. The van der Waals surface area contributed by atoms with Crippen molar-refractivity contribution >= 4 is 47.1 Å². The molecule has 1 aliphatic heterocycles. The molecule has 3 heterocycles. The van der Waals surface area contributed by atoms with Gasteiger partial charge in [-0.1, -0.05) is 6.07 Å². The van der Waals surface area contributed by atoms with Gasteiger partial charge < -0.3 is 15.5 Å². The second-order valence-corrected chi connectivity index (χ2v) is 7.03. The summed E-state index contributed by atoms with van der Waals surface area (Å²) in [6.07, 6.45) is 4.50. The van der Waals surface area contributed by atoms with E-state index >= 15 is 0 Å². The number of nitrogens with one attached hydrogen (secondary N) is 2. The molecule has 0 aromatic carbocycles. The first kappa shape index (κ1) is 20.0. The van der Waals surface area contributed by atoms with Crippen LogP contribution in [0.5, 0.6) is 0 Å². The molecule has 0 amide bonds. The number of aryl methyl sites for hydroxylation is 1. The first-order valence-electron chi connectivity index (χ1n) is 8.43. The number of aromatic nitrogens is 1. The van der Waals surface area contributed by atoms with Crippen molar-refractivity contribution in [3.05, 3.63) is 45.8 Å². The maximum Gasteiger partial charge on any atom is 0.191 e. The predicted octanol–water partition coefficient (Wildman–Crippen LogP) is 3.53. The highest BCUT2D eigenvalue weighted by Crippen LogP contribution is 2.17. The van der Waals surface area contributed by atoms with Crippen LogP contribution in [0, 0.1) is 6.92 Å². The molecule has 0 radical (unpaired) electrons. The van der Waals surface area contributed by atoms with E-state index in [0.29, 0.717) is 0 Å². The summed E-state index contributed by atoms with van der Waals surface area (Å²) in [7, 11) is 1.80. The largest absolute Gasteiger partial charge is 0.357 e. The lowest BCUT2D eigenvalue weighted by Crippen LogP contribution is -2.36. The summed E-state index contributed by atoms with van der Waals surface area (Å²) < 4.78 is 0. The SMILES string of the molecule is CN=C(NCc1ccc(N2CCCC2)nc1)NCc1sccc1C.I. The molecule has 0 saturated carbocycles. The van der Waals surface area contributed by atoms with Crippen molar-refractivity contribution < 1.29 is 0 Å². The van der Waals surface area contributed by atoms with E-state index in [9.17, 15) is 0 Å². The molecule has 0 unspecified atom stereocenters. The number of hydrogen-bond acceptors (Lipinski definition) is 4. The van der Waals surface area contributed by atoms with Gasteiger partial charge >= 0.3 is 0 Å². The Morgan fingerprint density at radius 1 is 1.20 bits per heavy atom. The van der Waals surface area contributed by atoms with Gasteiger partial charge in [-0.2, -0.15) is 0 Å². The van der Waals surface area contributed by atoms with E-state index in [-0.39, 0.29) is 24.0 Å². The number of aliphatic imine (C=N–C) groups is 1. The molecule has 7 heteroatoms. The van der Waals surface area contributed by atoms with Gasteiger partial charge in [0.15, 0.2) is 5.96 Å². The van der Waals surface area contributed by atoms with Crippen LogP contribution >= 0.6 is 35.3 Å². The molecule has 0 atom stereocenters. The summed E-state index contributed by atoms with van der Waals surface area (Å²) in [5.41, 5.74) is 2.48. The zero-order chi connectivity index (χ0) is 16.8. The summed E-state index contributed by atoms with van der Waals surface area (Å²) in [5.74, 6) is 1.90. The van der Waals surface area contributed by atoms with Crippen LogP contribution in [0.25, 0.3) is 0 Å². The van der Waals surface area contributed by atoms with Crippen molar-refractivity contribution in [3.8, 4) is 0 Å². The Bertz CT molecular complexity index is 677. The quantitative estimate of drug-likeness (QED) is 0.398. The lowest BCUT2D eigenvalue weighted by atomic mass is 10.2. The third-order valence-electron chi connectivity index (χ3n) is 4.31. The number of guanidine groups is 1. The molecular weight excluding hydrogens is 445 g/mol. The Labute approximate surface area is 171 Å². The minimum atomic E-state index is 0. The standard InChI is InChI=1S/C18H25N5S.HI/c1-14-7-10-24-16(14)13-22-18(19-2)21-12-15-5-6-17(20-11-15)23-8-3-4-9-23;/h5-7,10-11H,3-4,8-9,12-13H2,1-2H3,(H2,19,21,22);1H. The highest BCUT2D eigenvalue weighted by Gasteiger charge is 2.12. The maximum absolute atomic E-state index is 4.59. The second-order valence-electron chi connectivity index (χ2n) is 6.02. The van der Waals surface area contributed by atoms with Crippen LogP contribution in [0.3, 0.4) is 0 Å². The number of thiophene rings is 1. The molecule has 0 aliphatic carbocycles. The molecule has 1 aliphatic rings. The Morgan fingerprint density at radius 3 is 2.56 bits per heavy atom. The molecule has 0 spiro atoms. The van der Waals surface area contributed by atoms with Gasteiger partial charge in [-0.3, -0.25) is 4.99 Å². The fraction of sp³-hybridized carbons (Fsp3) is 0.444. The number of halogens is 1. The fourth-order valence-corrected chi connectivity index (χ4v) is 3.66. The minimum absolute atomic E-state index is 0. The smallest absolute Gasteiger partial charge is 0.191 e. The van der Waals surface area contributed by atoms with Crippen LogP contribution in [-0.2, 0) is 13.1 Å². The van der Waals surface area contributed by atoms with E-state index in [0.717, 1.165) is 43.5 Å². The summed E-state index contributed by atoms with van der Waals surface area (Å²) in [5, 5.41) is 8.83. The zero-order valence-electron chi connectivity index (χ0n) is 14.8. The monoisotopic (exact) mass is 471 g/mol. The lowest BCUT2D eigenvalue weighted by molar-refractivity contribution is 0.810. The van der Waals surface area contributed by atoms with Gasteiger partial charge in [0.1, 0.15) is 5.82 Å². The van der Waals surface area contributed by atoms with Crippen LogP contribution in [0.15, 0.2) is 34.8 Å². The molecule has 1 saturated heterocycles. The van der Waals surface area contributed by atoms with Gasteiger partial charge in [0, 0.05) is 37.8 Å². The van der Waals surface area contributed by atoms with Gasteiger partial charge in [0.05, 0.1) is 6.54 Å². The number of hydrogen-bond donors (Lipinski definition) is 2. The number of pyridine rings is 1. The maximum atomic E-state index is 4.59. The van der Waals surface area contributed by atoms with Crippen LogP contribution in [0.2, 0.25) is 0 Å². The fourth-order valence-electron chi connectivity index (χ4n) is 2.81. The van der Waals surface area contributed by atoms with Crippen molar-refractivity contribution in [1.29, 1.82) is 0 Å². The highest BCUT2D eigenvalue weighted by molar-refractivity contribution is 14.0. The molecule has 3 rings (SSSR count). The topological polar surface area (TPSA) is 52.6 Å². The Morgan fingerprint density at radius 2 is 1.96 bits per heavy atom. The molecule has 5 nitrogen and oxygen atoms in total. The van der Waals surface area contributed by atoms with Crippen molar-refractivity contribution in [2.45, 2.75) is 32.9 Å². The van der Waals surface area contributed by atoms with Crippen LogP contribution in [0.1, 0.15) is 28.8 Å². The van der Waals surface area contributed by atoms with Crippen LogP contribution in [-0.4, -0.2) is 31.1 Å². The minimum Gasteiger partial charge on any atom is -0.357 e. The lowest BCUT2D eigenvalue weighted by Gasteiger charge is -2.16. The van der Waals surface area contributed by atoms with E-state index < -0.39 is 0 Å². The highest BCUT2D eigenvalue weighted by atomic mass is 127. The van der Waals surface area contributed by atoms with Gasteiger partial charge in [0.2, 0.25) is 0 Å². The van der Waals surface area contributed by atoms with E-state index in [1.54, 1.807) is 18.4 Å². The summed E-state index contributed by atoms with van der Waals surface area (Å²) >= 11 is 1.77. The molecule has 136 valence electrons. The third kappa shape index (κ3) is 5.57. The summed E-state index contributed by atoms with van der Waals surface area (Å²) in [6, 6.07) is 6.41. The molecule has 25 heavy (non-hydrogen) atoms. The molecule has 2 aromatic heterocycles. The van der Waals surface area contributed by atoms with Gasteiger partial charge in [-0.25, -0.2) is 4.98 Å². The first-order chi connectivity index (χ1) is 11.8. The summed E-state index contributed by atoms with van der Waals surface area (Å²) in [4.78, 5) is 12.6. The van der Waals surface area contributed by atoms with Gasteiger partial charge in [0.25, 0.3) is 0 Å². The van der Waals surface area contributed by atoms with Crippen molar-refractivity contribution in [2.24, 2.45) is 4.99 Å². The zero-order valence-corrected chi connectivity index (χ0v) is 17.9. The average Bonchev–Trinajstić information content (AvgIpc) is 3.28. The van der Waals surface area contributed by atoms with Gasteiger partial charge in [-0.15, -0.1) is 35.3 Å². The number of anilines is 1. The van der Waals surface area contributed by atoms with E-state index in [1.807, 2.05) is 6.20 Å². The van der Waals surface area contributed by atoms with Crippen molar-refractivity contribution in [1.82, 2.24) is 15.6 Å². The molecule has 2 aromatic rings. The van der Waals surface area contributed by atoms with E-state index in [4.69, 9.17) is 0 Å². The third-order valence-corrected chi connectivity index (χ3v) is 5.33. The van der Waals surface area contributed by atoms with E-state index in [1.165, 1.54) is 23.3 Å². The van der Waals surface area contributed by atoms with Crippen LogP contribution < -0.4 is 15.5 Å². The van der Waals surface area contributed by atoms with E-state index in [2.05, 4.69) is 56.0 Å².